The minimum absolute atomic E-state index is 0.0879. The summed E-state index contributed by atoms with van der Waals surface area (Å²) in [7, 11) is 0. The first kappa shape index (κ1) is 29.4. The van der Waals surface area contributed by atoms with E-state index in [0.717, 1.165) is 61.2 Å². The van der Waals surface area contributed by atoms with Crippen LogP contribution < -0.4 is 14.8 Å². The fourth-order valence-corrected chi connectivity index (χ4v) is 6.82. The molecule has 1 aromatic heterocycles. The molecule has 1 saturated heterocycles. The van der Waals surface area contributed by atoms with Gasteiger partial charge in [-0.15, -0.1) is 11.3 Å². The SMILES string of the molecule is O=C(NCCN1CCCCC1)c1csc(CN(CCC(c2ccccc2)c2ccccc2)Cc2ccc3c(c2)OCO3)n1. The summed E-state index contributed by atoms with van der Waals surface area (Å²) in [5.74, 6) is 1.77. The van der Waals surface area contributed by atoms with Gasteiger partial charge in [-0.3, -0.25) is 9.69 Å². The molecular weight excluding hydrogens is 556 g/mol. The number of likely N-dealkylation sites (tertiary alicyclic amines) is 1. The zero-order chi connectivity index (χ0) is 29.3. The predicted molar refractivity (Wildman–Crippen MR) is 171 cm³/mol. The van der Waals surface area contributed by atoms with E-state index in [1.165, 1.54) is 30.4 Å². The summed E-state index contributed by atoms with van der Waals surface area (Å²) in [4.78, 5) is 22.5. The standard InChI is InChI=1S/C35H40N4O3S/c40-35(36-17-21-38-18-8-3-9-19-38)31-25-43-34(37-31)24-39(23-27-14-15-32-33(22-27)42-26-41-32)20-16-30(28-10-4-1-5-11-28)29-12-6-2-7-13-29/h1-2,4-7,10-15,22,25,30H,3,8-9,16-21,23-24,26H2,(H,36,40). The number of benzene rings is 3. The number of carbonyl (C=O) groups is 1. The van der Waals surface area contributed by atoms with E-state index in [2.05, 4.69) is 87.9 Å². The highest BCUT2D eigenvalue weighted by atomic mass is 32.1. The lowest BCUT2D eigenvalue weighted by molar-refractivity contribution is 0.0942. The molecule has 0 radical (unpaired) electrons. The van der Waals surface area contributed by atoms with Gasteiger partial charge >= 0.3 is 0 Å². The Hall–Kier alpha value is -3.72. The number of carbonyl (C=O) groups excluding carboxylic acids is 1. The lowest BCUT2D eigenvalue weighted by Crippen LogP contribution is -2.37. The number of thiazole rings is 1. The maximum Gasteiger partial charge on any atom is 0.270 e. The molecule has 224 valence electrons. The first-order valence-corrected chi connectivity index (χ1v) is 16.2. The van der Waals surface area contributed by atoms with E-state index in [1.54, 1.807) is 11.3 Å². The predicted octanol–water partition coefficient (Wildman–Crippen LogP) is 6.31. The Kier molecular flexibility index (Phi) is 10.00. The van der Waals surface area contributed by atoms with Gasteiger partial charge in [0.05, 0.1) is 6.54 Å². The molecule has 0 bridgehead atoms. The molecule has 0 spiro atoms. The number of nitrogens with zero attached hydrogens (tertiary/aromatic N) is 3. The Morgan fingerprint density at radius 3 is 2.37 bits per heavy atom. The van der Waals surface area contributed by atoms with Crippen molar-refractivity contribution in [3.63, 3.8) is 0 Å². The molecule has 6 rings (SSSR count). The summed E-state index contributed by atoms with van der Waals surface area (Å²) < 4.78 is 11.2. The number of hydrogen-bond acceptors (Lipinski definition) is 7. The number of nitrogens with one attached hydrogen (secondary N) is 1. The van der Waals surface area contributed by atoms with Crippen LogP contribution in [0.4, 0.5) is 0 Å². The smallest absolute Gasteiger partial charge is 0.270 e. The highest BCUT2D eigenvalue weighted by Crippen LogP contribution is 2.33. The first-order chi connectivity index (χ1) is 21.2. The van der Waals surface area contributed by atoms with Gasteiger partial charge in [-0.2, -0.15) is 0 Å². The second-order valence-electron chi connectivity index (χ2n) is 11.3. The summed E-state index contributed by atoms with van der Waals surface area (Å²) in [6.45, 7) is 6.34. The number of aromatic nitrogens is 1. The quantitative estimate of drug-likeness (QED) is 0.195. The normalized spacial score (nSPS) is 14.8. The zero-order valence-electron chi connectivity index (χ0n) is 24.6. The third kappa shape index (κ3) is 8.02. The van der Waals surface area contributed by atoms with Crippen LogP contribution in [-0.2, 0) is 13.1 Å². The van der Waals surface area contributed by atoms with Gasteiger partial charge in [0.2, 0.25) is 6.79 Å². The van der Waals surface area contributed by atoms with Gasteiger partial charge in [0, 0.05) is 30.9 Å². The molecule has 0 atom stereocenters. The van der Waals surface area contributed by atoms with Crippen LogP contribution in [0.25, 0.3) is 0 Å². The van der Waals surface area contributed by atoms with Crippen molar-refractivity contribution in [1.82, 2.24) is 20.1 Å². The molecule has 3 aromatic carbocycles. The fraction of sp³-hybridized carbons (Fsp3) is 0.371. The molecule has 3 heterocycles. The van der Waals surface area contributed by atoms with Crippen LogP contribution in [0.3, 0.4) is 0 Å². The Balaban J connectivity index is 1.14. The Morgan fingerprint density at radius 2 is 1.63 bits per heavy atom. The average molecular weight is 597 g/mol. The van der Waals surface area contributed by atoms with Crippen LogP contribution >= 0.6 is 11.3 Å². The maximum absolute atomic E-state index is 12.9. The summed E-state index contributed by atoms with van der Waals surface area (Å²) >= 11 is 1.56. The van der Waals surface area contributed by atoms with E-state index >= 15 is 0 Å². The van der Waals surface area contributed by atoms with E-state index in [-0.39, 0.29) is 18.6 Å². The Bertz CT molecular complexity index is 1420. The maximum atomic E-state index is 12.9. The number of amides is 1. The molecule has 1 fully saturated rings. The van der Waals surface area contributed by atoms with Gasteiger partial charge in [-0.25, -0.2) is 4.98 Å². The van der Waals surface area contributed by atoms with Crippen LogP contribution in [-0.4, -0.2) is 60.2 Å². The molecule has 4 aromatic rings. The van der Waals surface area contributed by atoms with E-state index < -0.39 is 0 Å². The van der Waals surface area contributed by atoms with E-state index in [0.29, 0.717) is 18.8 Å². The molecular formula is C35H40N4O3S. The number of piperidine rings is 1. The highest BCUT2D eigenvalue weighted by Gasteiger charge is 2.20. The summed E-state index contributed by atoms with van der Waals surface area (Å²) in [6, 6.07) is 27.6. The van der Waals surface area contributed by atoms with E-state index in [1.807, 2.05) is 11.4 Å². The molecule has 0 saturated carbocycles. The van der Waals surface area contributed by atoms with E-state index in [9.17, 15) is 4.79 Å². The summed E-state index contributed by atoms with van der Waals surface area (Å²) in [6.07, 6.45) is 4.77. The second kappa shape index (κ2) is 14.6. The van der Waals surface area contributed by atoms with E-state index in [4.69, 9.17) is 14.5 Å². The van der Waals surface area contributed by atoms with Gasteiger partial charge in [-0.05, 0) is 67.7 Å². The van der Waals surface area contributed by atoms with Crippen LogP contribution in [0, 0.1) is 0 Å². The minimum atomic E-state index is -0.0879. The van der Waals surface area contributed by atoms with Crippen molar-refractivity contribution >= 4 is 17.2 Å². The molecule has 1 N–H and O–H groups in total. The third-order valence-corrected chi connectivity index (χ3v) is 9.12. The van der Waals surface area contributed by atoms with Gasteiger partial charge in [0.25, 0.3) is 5.91 Å². The van der Waals surface area contributed by atoms with Crippen molar-refractivity contribution in [3.05, 3.63) is 112 Å². The van der Waals surface area contributed by atoms with Crippen LogP contribution in [0.1, 0.15) is 63.8 Å². The largest absolute Gasteiger partial charge is 0.454 e. The molecule has 2 aliphatic heterocycles. The molecule has 1 amide bonds. The summed E-state index contributed by atoms with van der Waals surface area (Å²) in [5.41, 5.74) is 4.30. The number of fused-ring (bicyclic) bond motifs is 1. The van der Waals surface area contributed by atoms with Gasteiger partial charge in [-0.1, -0.05) is 73.2 Å². The molecule has 8 heteroatoms. The van der Waals surface area contributed by atoms with Gasteiger partial charge in [0.15, 0.2) is 11.5 Å². The molecule has 7 nitrogen and oxygen atoms in total. The van der Waals surface area contributed by atoms with Crippen LogP contribution in [0.15, 0.2) is 84.2 Å². The molecule has 2 aliphatic rings. The zero-order valence-corrected chi connectivity index (χ0v) is 25.4. The monoisotopic (exact) mass is 596 g/mol. The highest BCUT2D eigenvalue weighted by molar-refractivity contribution is 7.09. The number of rotatable bonds is 13. The molecule has 0 aliphatic carbocycles. The van der Waals surface area contributed by atoms with Crippen LogP contribution in [0.2, 0.25) is 0 Å². The van der Waals surface area contributed by atoms with Crippen molar-refractivity contribution in [2.24, 2.45) is 0 Å². The lowest BCUT2D eigenvalue weighted by Gasteiger charge is -2.26. The Morgan fingerprint density at radius 1 is 0.907 bits per heavy atom. The van der Waals surface area contributed by atoms with Crippen molar-refractivity contribution in [2.45, 2.75) is 44.7 Å². The minimum Gasteiger partial charge on any atom is -0.454 e. The van der Waals surface area contributed by atoms with Gasteiger partial charge < -0.3 is 19.7 Å². The van der Waals surface area contributed by atoms with Crippen molar-refractivity contribution in [3.8, 4) is 11.5 Å². The first-order valence-electron chi connectivity index (χ1n) is 15.4. The average Bonchev–Trinajstić information content (AvgIpc) is 3.72. The summed E-state index contributed by atoms with van der Waals surface area (Å²) in [5, 5.41) is 5.91. The van der Waals surface area contributed by atoms with Crippen molar-refractivity contribution in [1.29, 1.82) is 0 Å². The number of hydrogen-bond donors (Lipinski definition) is 1. The van der Waals surface area contributed by atoms with Crippen molar-refractivity contribution < 1.29 is 14.3 Å². The topological polar surface area (TPSA) is 66.9 Å². The molecule has 0 unspecified atom stereocenters. The second-order valence-corrected chi connectivity index (χ2v) is 12.3. The van der Waals surface area contributed by atoms with Crippen LogP contribution in [0.5, 0.6) is 11.5 Å². The Labute approximate surface area is 258 Å². The lowest BCUT2D eigenvalue weighted by atomic mass is 9.88. The van der Waals surface area contributed by atoms with Gasteiger partial charge in [0.1, 0.15) is 10.7 Å². The van der Waals surface area contributed by atoms with Crippen molar-refractivity contribution in [2.75, 3.05) is 39.5 Å². The fourth-order valence-electron chi connectivity index (χ4n) is 6.00. The number of ether oxygens (including phenoxy) is 2. The molecule has 43 heavy (non-hydrogen) atoms. The third-order valence-electron chi connectivity index (χ3n) is 8.29.